The van der Waals surface area contributed by atoms with E-state index in [1.807, 2.05) is 0 Å². The number of benzene rings is 4. The predicted octanol–water partition coefficient (Wildman–Crippen LogP) is 6.50. The van der Waals surface area contributed by atoms with Crippen LogP contribution in [0, 0.1) is 0 Å². The molecule has 1 aliphatic rings. The second-order valence-electron chi connectivity index (χ2n) is 9.31. The van der Waals surface area contributed by atoms with Crippen LogP contribution in [0.4, 0.5) is 0 Å². The molecule has 4 aromatic rings. The van der Waals surface area contributed by atoms with E-state index in [0.717, 1.165) is 6.54 Å². The number of hydrogen-bond donors (Lipinski definition) is 1. The first-order chi connectivity index (χ1) is 17.4. The molecule has 0 radical (unpaired) electrons. The number of nitrogens with one attached hydrogen (secondary N) is 1. The van der Waals surface area contributed by atoms with Gasteiger partial charge >= 0.3 is 0 Å². The van der Waals surface area contributed by atoms with E-state index in [9.17, 15) is 0 Å². The Bertz CT molecular complexity index is 967. The molecule has 0 amide bonds. The van der Waals surface area contributed by atoms with Crippen LogP contribution in [0.2, 0.25) is 0 Å². The highest BCUT2D eigenvalue weighted by Crippen LogP contribution is 2.56. The largest absolute Gasteiger partial charge is 0.313 e. The van der Waals surface area contributed by atoms with Crippen LogP contribution in [0.1, 0.15) is 32.1 Å². The lowest BCUT2D eigenvalue weighted by Crippen LogP contribution is -2.40. The predicted molar refractivity (Wildman–Crippen MR) is 157 cm³/mol. The monoisotopic (exact) mass is 495 g/mol. The third-order valence-corrected chi connectivity index (χ3v) is 13.3. The van der Waals surface area contributed by atoms with E-state index in [0.29, 0.717) is 11.4 Å². The second-order valence-corrected chi connectivity index (χ2v) is 14.5. The summed E-state index contributed by atoms with van der Waals surface area (Å²) in [4.78, 5) is 0. The second kappa shape index (κ2) is 12.6. The van der Waals surface area contributed by atoms with Crippen molar-refractivity contribution in [2.24, 2.45) is 0 Å². The standard InChI is InChI=1S/C32H35NP2/c1-6-16-27(17-7-1)33-26-32(34(28-18-8-2-9-19-28)29-20-10-3-11-21-29)35(30-22-12-4-13-23-30)31-24-14-5-15-25-31/h2-5,8-15,18-25,27,32-33H,1,6-7,16-17,26H2. The molecule has 0 saturated heterocycles. The lowest BCUT2D eigenvalue weighted by atomic mass is 9.96. The van der Waals surface area contributed by atoms with Crippen molar-refractivity contribution in [3.8, 4) is 0 Å². The Labute approximate surface area is 213 Å². The van der Waals surface area contributed by atoms with Gasteiger partial charge in [-0.3, -0.25) is 0 Å². The van der Waals surface area contributed by atoms with Crippen molar-refractivity contribution in [3.63, 3.8) is 0 Å². The molecule has 1 saturated carbocycles. The van der Waals surface area contributed by atoms with Gasteiger partial charge < -0.3 is 5.32 Å². The average molecular weight is 496 g/mol. The van der Waals surface area contributed by atoms with Crippen molar-refractivity contribution < 1.29 is 0 Å². The molecule has 5 rings (SSSR count). The van der Waals surface area contributed by atoms with Gasteiger partial charge in [0.15, 0.2) is 0 Å². The number of hydrogen-bond acceptors (Lipinski definition) is 1. The summed E-state index contributed by atoms with van der Waals surface area (Å²) >= 11 is 0. The molecule has 178 valence electrons. The van der Waals surface area contributed by atoms with Gasteiger partial charge in [-0.05, 0) is 49.9 Å². The fraction of sp³-hybridized carbons (Fsp3) is 0.250. The van der Waals surface area contributed by atoms with E-state index in [-0.39, 0.29) is 0 Å². The Morgan fingerprint density at radius 1 is 0.514 bits per heavy atom. The minimum Gasteiger partial charge on any atom is -0.313 e. The Balaban J connectivity index is 1.62. The van der Waals surface area contributed by atoms with E-state index in [1.165, 1.54) is 53.3 Å². The maximum Gasteiger partial charge on any atom is 0.0279 e. The van der Waals surface area contributed by atoms with Crippen molar-refractivity contribution >= 4 is 37.1 Å². The van der Waals surface area contributed by atoms with E-state index >= 15 is 0 Å². The zero-order valence-corrected chi connectivity index (χ0v) is 22.1. The van der Waals surface area contributed by atoms with Gasteiger partial charge in [0.25, 0.3) is 0 Å². The van der Waals surface area contributed by atoms with Gasteiger partial charge in [0.05, 0.1) is 0 Å². The molecule has 3 heteroatoms. The first kappa shape index (κ1) is 24.4. The van der Waals surface area contributed by atoms with Crippen LogP contribution >= 0.6 is 15.8 Å². The van der Waals surface area contributed by atoms with Crippen molar-refractivity contribution in [2.45, 2.75) is 43.5 Å². The van der Waals surface area contributed by atoms with E-state index in [4.69, 9.17) is 0 Å². The molecule has 0 aliphatic heterocycles. The fourth-order valence-electron chi connectivity index (χ4n) is 5.22. The lowest BCUT2D eigenvalue weighted by Gasteiger charge is -2.37. The van der Waals surface area contributed by atoms with Gasteiger partial charge in [-0.25, -0.2) is 0 Å². The minimum absolute atomic E-state index is 0.497. The molecule has 1 aliphatic carbocycles. The quantitative estimate of drug-likeness (QED) is 0.261. The van der Waals surface area contributed by atoms with Crippen LogP contribution in [0.25, 0.3) is 0 Å². The van der Waals surface area contributed by atoms with Gasteiger partial charge in [-0.15, -0.1) is 0 Å². The van der Waals surface area contributed by atoms with Gasteiger partial charge in [-0.1, -0.05) is 141 Å². The van der Waals surface area contributed by atoms with Crippen molar-refractivity contribution in [3.05, 3.63) is 121 Å². The minimum atomic E-state index is -0.562. The lowest BCUT2D eigenvalue weighted by molar-refractivity contribution is 0.379. The molecule has 0 spiro atoms. The average Bonchev–Trinajstić information content (AvgIpc) is 2.95. The van der Waals surface area contributed by atoms with Crippen molar-refractivity contribution in [2.75, 3.05) is 6.54 Å². The Morgan fingerprint density at radius 2 is 0.857 bits per heavy atom. The highest BCUT2D eigenvalue weighted by atomic mass is 31.2. The highest BCUT2D eigenvalue weighted by molar-refractivity contribution is 7.89. The molecule has 1 N–H and O–H groups in total. The van der Waals surface area contributed by atoms with E-state index in [1.54, 1.807) is 0 Å². The van der Waals surface area contributed by atoms with Gasteiger partial charge in [0.1, 0.15) is 0 Å². The maximum absolute atomic E-state index is 4.09. The van der Waals surface area contributed by atoms with Gasteiger partial charge in [0.2, 0.25) is 0 Å². The summed E-state index contributed by atoms with van der Waals surface area (Å²) in [6, 6.07) is 45.8. The molecular weight excluding hydrogens is 460 g/mol. The Hall–Kier alpha value is -2.30. The Kier molecular flexibility index (Phi) is 8.78. The fourth-order valence-corrected chi connectivity index (χ4v) is 12.3. The van der Waals surface area contributed by atoms with Crippen LogP contribution in [0.5, 0.6) is 0 Å². The topological polar surface area (TPSA) is 12.0 Å². The smallest absolute Gasteiger partial charge is 0.0279 e. The summed E-state index contributed by atoms with van der Waals surface area (Å²) in [7, 11) is -1.12. The highest BCUT2D eigenvalue weighted by Gasteiger charge is 2.34. The molecular formula is C32H35NP2. The van der Waals surface area contributed by atoms with Crippen molar-refractivity contribution in [1.29, 1.82) is 0 Å². The molecule has 0 heterocycles. The summed E-state index contributed by atoms with van der Waals surface area (Å²) in [5.41, 5.74) is 0. The van der Waals surface area contributed by atoms with Crippen LogP contribution in [-0.2, 0) is 0 Å². The summed E-state index contributed by atoms with van der Waals surface area (Å²) in [6.07, 6.45) is 6.75. The normalized spacial score (nSPS) is 14.6. The van der Waals surface area contributed by atoms with E-state index in [2.05, 4.69) is 127 Å². The van der Waals surface area contributed by atoms with E-state index < -0.39 is 15.8 Å². The van der Waals surface area contributed by atoms with Crippen LogP contribution in [0.15, 0.2) is 121 Å². The van der Waals surface area contributed by atoms with Crippen LogP contribution < -0.4 is 26.5 Å². The molecule has 35 heavy (non-hydrogen) atoms. The van der Waals surface area contributed by atoms with Gasteiger partial charge in [-0.2, -0.15) is 0 Å². The zero-order chi connectivity index (χ0) is 23.7. The third-order valence-electron chi connectivity index (χ3n) is 6.93. The molecule has 0 bridgehead atoms. The molecule has 0 aromatic heterocycles. The SMILES string of the molecule is c1ccc(P(c2ccccc2)C(CNC2CCCCC2)P(c2ccccc2)c2ccccc2)cc1. The molecule has 4 aromatic carbocycles. The van der Waals surface area contributed by atoms with Crippen molar-refractivity contribution in [1.82, 2.24) is 5.32 Å². The zero-order valence-electron chi connectivity index (χ0n) is 20.3. The molecule has 0 atom stereocenters. The van der Waals surface area contributed by atoms with Gasteiger partial charge in [0, 0.05) is 18.0 Å². The molecule has 1 nitrogen and oxygen atoms in total. The van der Waals surface area contributed by atoms with Crippen LogP contribution in [0.3, 0.4) is 0 Å². The summed E-state index contributed by atoms with van der Waals surface area (Å²) in [6.45, 7) is 1.05. The molecule has 0 unspecified atom stereocenters. The Morgan fingerprint density at radius 3 is 1.20 bits per heavy atom. The first-order valence-electron chi connectivity index (χ1n) is 12.9. The first-order valence-corrected chi connectivity index (χ1v) is 15.7. The number of rotatable bonds is 9. The van der Waals surface area contributed by atoms with Crippen LogP contribution in [-0.4, -0.2) is 18.0 Å². The maximum atomic E-state index is 4.09. The summed E-state index contributed by atoms with van der Waals surface area (Å²) in [5, 5.41) is 10.5. The molecule has 1 fully saturated rings. The summed E-state index contributed by atoms with van der Waals surface area (Å²) < 4.78 is 0. The third kappa shape index (κ3) is 6.29. The summed E-state index contributed by atoms with van der Waals surface area (Å²) in [5.74, 6) is 0.